The average molecular weight is 305 g/mol. The topological polar surface area (TPSA) is 48.7 Å². The van der Waals surface area contributed by atoms with Crippen molar-refractivity contribution in [3.8, 4) is 11.5 Å². The van der Waals surface area contributed by atoms with Gasteiger partial charge in [-0.2, -0.15) is 0 Å². The van der Waals surface area contributed by atoms with E-state index in [2.05, 4.69) is 0 Å². The standard InChI is InChI=1S/C16H13ClO4/c1-8-4-10-14(7-13(8)20-3)21-16-11(15(10)18)5-9(19-2)6-12(16)17/h4-7H,1-3H3. The Labute approximate surface area is 125 Å². The maximum atomic E-state index is 12.6. The second kappa shape index (κ2) is 4.97. The van der Waals surface area contributed by atoms with Gasteiger partial charge in [-0.1, -0.05) is 11.6 Å². The maximum Gasteiger partial charge on any atom is 0.200 e. The summed E-state index contributed by atoms with van der Waals surface area (Å²) >= 11 is 6.17. The van der Waals surface area contributed by atoms with Crippen molar-refractivity contribution in [1.29, 1.82) is 0 Å². The van der Waals surface area contributed by atoms with Gasteiger partial charge >= 0.3 is 0 Å². The van der Waals surface area contributed by atoms with Crippen molar-refractivity contribution in [2.75, 3.05) is 14.2 Å². The summed E-state index contributed by atoms with van der Waals surface area (Å²) in [6, 6.07) is 6.70. The molecule has 2 aromatic carbocycles. The van der Waals surface area contributed by atoms with Crippen LogP contribution in [0.2, 0.25) is 5.02 Å². The molecule has 0 aliphatic heterocycles. The lowest BCUT2D eigenvalue weighted by Gasteiger charge is -2.09. The summed E-state index contributed by atoms with van der Waals surface area (Å²) in [5.74, 6) is 1.18. The second-order valence-electron chi connectivity index (χ2n) is 4.74. The fourth-order valence-electron chi connectivity index (χ4n) is 2.37. The van der Waals surface area contributed by atoms with Crippen LogP contribution < -0.4 is 14.9 Å². The van der Waals surface area contributed by atoms with Crippen LogP contribution in [-0.4, -0.2) is 14.2 Å². The number of ether oxygens (including phenoxy) is 2. The molecule has 108 valence electrons. The molecule has 0 bridgehead atoms. The van der Waals surface area contributed by atoms with Crippen LogP contribution in [0.25, 0.3) is 21.9 Å². The Kier molecular flexibility index (Phi) is 3.26. The predicted molar refractivity (Wildman–Crippen MR) is 82.8 cm³/mol. The molecule has 0 saturated heterocycles. The molecule has 3 rings (SSSR count). The van der Waals surface area contributed by atoms with E-state index >= 15 is 0 Å². The number of hydrogen-bond acceptors (Lipinski definition) is 4. The quantitative estimate of drug-likeness (QED) is 0.673. The Bertz CT molecular complexity index is 912. The molecular weight excluding hydrogens is 292 g/mol. The first-order valence-corrected chi connectivity index (χ1v) is 6.71. The van der Waals surface area contributed by atoms with E-state index in [1.165, 1.54) is 7.11 Å². The largest absolute Gasteiger partial charge is 0.497 e. The van der Waals surface area contributed by atoms with Crippen LogP contribution in [0, 0.1) is 6.92 Å². The molecule has 0 aliphatic rings. The van der Waals surface area contributed by atoms with Gasteiger partial charge in [-0.3, -0.25) is 4.79 Å². The number of methoxy groups -OCH3 is 2. The summed E-state index contributed by atoms with van der Waals surface area (Å²) in [4.78, 5) is 12.6. The molecule has 0 unspecified atom stereocenters. The summed E-state index contributed by atoms with van der Waals surface area (Å²) in [5.41, 5.74) is 1.52. The number of fused-ring (bicyclic) bond motifs is 2. The molecule has 0 amide bonds. The van der Waals surface area contributed by atoms with Crippen molar-refractivity contribution in [1.82, 2.24) is 0 Å². The third-order valence-electron chi connectivity index (χ3n) is 3.45. The van der Waals surface area contributed by atoms with Gasteiger partial charge in [0.1, 0.15) is 17.1 Å². The lowest BCUT2D eigenvalue weighted by Crippen LogP contribution is -2.03. The molecule has 0 fully saturated rings. The molecule has 0 spiro atoms. The van der Waals surface area contributed by atoms with Crippen LogP contribution in [0.1, 0.15) is 5.56 Å². The maximum absolute atomic E-state index is 12.6. The Hall–Kier alpha value is -2.20. The summed E-state index contributed by atoms with van der Waals surface area (Å²) in [6.45, 7) is 1.88. The van der Waals surface area contributed by atoms with Crippen molar-refractivity contribution in [2.24, 2.45) is 0 Å². The summed E-state index contributed by atoms with van der Waals surface area (Å²) < 4.78 is 16.2. The van der Waals surface area contributed by atoms with Gasteiger partial charge in [0.2, 0.25) is 5.43 Å². The van der Waals surface area contributed by atoms with Crippen molar-refractivity contribution >= 4 is 33.5 Å². The minimum Gasteiger partial charge on any atom is -0.497 e. The second-order valence-corrected chi connectivity index (χ2v) is 5.14. The van der Waals surface area contributed by atoms with Crippen molar-refractivity contribution in [2.45, 2.75) is 6.92 Å². The van der Waals surface area contributed by atoms with Gasteiger partial charge in [0.25, 0.3) is 0 Å². The highest BCUT2D eigenvalue weighted by Gasteiger charge is 2.14. The van der Waals surface area contributed by atoms with Crippen LogP contribution >= 0.6 is 11.6 Å². The number of rotatable bonds is 2. The van der Waals surface area contributed by atoms with Gasteiger partial charge < -0.3 is 13.9 Å². The van der Waals surface area contributed by atoms with Gasteiger partial charge in [0, 0.05) is 12.1 Å². The SMILES string of the molecule is COc1cc(Cl)c2oc3cc(OC)c(C)cc3c(=O)c2c1. The van der Waals surface area contributed by atoms with Crippen molar-refractivity contribution in [3.05, 3.63) is 45.1 Å². The van der Waals surface area contributed by atoms with Crippen LogP contribution in [0.15, 0.2) is 33.5 Å². The third kappa shape index (κ3) is 2.12. The fraction of sp³-hybridized carbons (Fsp3) is 0.188. The normalized spacial score (nSPS) is 11.0. The number of aryl methyl sites for hydroxylation is 1. The Morgan fingerprint density at radius 1 is 1.05 bits per heavy atom. The first kappa shape index (κ1) is 13.8. The number of halogens is 1. The van der Waals surface area contributed by atoms with E-state index in [0.29, 0.717) is 38.5 Å². The molecular formula is C16H13ClO4. The van der Waals surface area contributed by atoms with E-state index in [4.69, 9.17) is 25.5 Å². The van der Waals surface area contributed by atoms with Crippen LogP contribution in [0.3, 0.4) is 0 Å². The monoisotopic (exact) mass is 304 g/mol. The highest BCUT2D eigenvalue weighted by Crippen LogP contribution is 2.31. The van der Waals surface area contributed by atoms with Crippen LogP contribution in [-0.2, 0) is 0 Å². The smallest absolute Gasteiger partial charge is 0.200 e. The first-order valence-electron chi connectivity index (χ1n) is 6.34. The first-order chi connectivity index (χ1) is 10.0. The number of benzene rings is 2. The van der Waals surface area contributed by atoms with Gasteiger partial charge in [-0.05, 0) is 24.6 Å². The van der Waals surface area contributed by atoms with E-state index in [9.17, 15) is 4.79 Å². The molecule has 0 N–H and O–H groups in total. The highest BCUT2D eigenvalue weighted by molar-refractivity contribution is 6.35. The molecule has 0 aliphatic carbocycles. The van der Waals surface area contributed by atoms with Gasteiger partial charge in [-0.25, -0.2) is 0 Å². The predicted octanol–water partition coefficient (Wildman–Crippen LogP) is 3.93. The van der Waals surface area contributed by atoms with Gasteiger partial charge in [0.15, 0.2) is 5.58 Å². The molecule has 3 aromatic rings. The Morgan fingerprint density at radius 2 is 1.81 bits per heavy atom. The lowest BCUT2D eigenvalue weighted by molar-refractivity contribution is 0.411. The fourth-order valence-corrected chi connectivity index (χ4v) is 2.61. The summed E-state index contributed by atoms with van der Waals surface area (Å²) in [7, 11) is 3.10. The zero-order valence-corrected chi connectivity index (χ0v) is 12.6. The van der Waals surface area contributed by atoms with Gasteiger partial charge in [0.05, 0.1) is 30.0 Å². The van der Waals surface area contributed by atoms with E-state index in [-0.39, 0.29) is 5.43 Å². The average Bonchev–Trinajstić information content (AvgIpc) is 2.48. The summed E-state index contributed by atoms with van der Waals surface area (Å²) in [6.07, 6.45) is 0. The minimum absolute atomic E-state index is 0.141. The molecule has 0 atom stereocenters. The van der Waals surface area contributed by atoms with E-state index in [1.54, 1.807) is 31.4 Å². The molecule has 21 heavy (non-hydrogen) atoms. The van der Waals surface area contributed by atoms with Crippen LogP contribution in [0.4, 0.5) is 0 Å². The van der Waals surface area contributed by atoms with E-state index in [1.807, 2.05) is 6.92 Å². The zero-order valence-electron chi connectivity index (χ0n) is 11.8. The number of hydrogen-bond donors (Lipinski definition) is 0. The molecule has 1 aromatic heterocycles. The van der Waals surface area contributed by atoms with Gasteiger partial charge in [-0.15, -0.1) is 0 Å². The van der Waals surface area contributed by atoms with Crippen LogP contribution in [0.5, 0.6) is 11.5 Å². The minimum atomic E-state index is -0.141. The zero-order chi connectivity index (χ0) is 15.1. The third-order valence-corrected chi connectivity index (χ3v) is 3.73. The highest BCUT2D eigenvalue weighted by atomic mass is 35.5. The molecule has 1 heterocycles. The summed E-state index contributed by atoms with van der Waals surface area (Å²) in [5, 5.41) is 1.23. The molecule has 5 heteroatoms. The Morgan fingerprint density at radius 3 is 2.48 bits per heavy atom. The van der Waals surface area contributed by atoms with E-state index in [0.717, 1.165) is 5.56 Å². The molecule has 0 saturated carbocycles. The molecule has 4 nitrogen and oxygen atoms in total. The Balaban J connectivity index is 2.49. The lowest BCUT2D eigenvalue weighted by atomic mass is 10.1. The molecule has 0 radical (unpaired) electrons. The van der Waals surface area contributed by atoms with E-state index < -0.39 is 0 Å². The van der Waals surface area contributed by atoms with Crippen molar-refractivity contribution < 1.29 is 13.9 Å². The van der Waals surface area contributed by atoms with Crippen molar-refractivity contribution in [3.63, 3.8) is 0 Å².